The van der Waals surface area contributed by atoms with Gasteiger partial charge in [-0.2, -0.15) is 0 Å². The van der Waals surface area contributed by atoms with Gasteiger partial charge in [-0.15, -0.1) is 5.10 Å². The van der Waals surface area contributed by atoms with E-state index in [1.165, 1.54) is 10.9 Å². The monoisotopic (exact) mass is 302 g/mol. The van der Waals surface area contributed by atoms with Crippen molar-refractivity contribution < 1.29 is 25.2 Å². The average molecular weight is 302 g/mol. The summed E-state index contributed by atoms with van der Waals surface area (Å²) < 4.78 is 6.49. The number of ether oxygens (including phenoxy) is 1. The second-order valence-electron chi connectivity index (χ2n) is 4.65. The summed E-state index contributed by atoms with van der Waals surface area (Å²) >= 11 is 0. The molecule has 0 amide bonds. The van der Waals surface area contributed by atoms with Crippen molar-refractivity contribution in [1.82, 2.24) is 15.0 Å². The van der Waals surface area contributed by atoms with Gasteiger partial charge < -0.3 is 36.6 Å². The SMILES string of the molecule is NC(N)=NCc1cn([C@@H]2O[C@H](CO)[C@@H](O)[C@H](O)[C@H]2O)nn1. The number of aromatic nitrogens is 3. The molecule has 1 fully saturated rings. The number of nitrogens with two attached hydrogens (primary N) is 2. The minimum absolute atomic E-state index is 0.0970. The molecule has 0 aromatic carbocycles. The van der Waals surface area contributed by atoms with E-state index < -0.39 is 37.3 Å². The smallest absolute Gasteiger partial charge is 0.186 e. The van der Waals surface area contributed by atoms with E-state index in [2.05, 4.69) is 15.3 Å². The van der Waals surface area contributed by atoms with Crippen molar-refractivity contribution in [1.29, 1.82) is 0 Å². The van der Waals surface area contributed by atoms with Crippen LogP contribution in [0.3, 0.4) is 0 Å². The highest BCUT2D eigenvalue weighted by molar-refractivity contribution is 5.75. The molecule has 1 saturated heterocycles. The highest BCUT2D eigenvalue weighted by Gasteiger charge is 2.44. The molecule has 8 N–H and O–H groups in total. The quantitative estimate of drug-likeness (QED) is 0.238. The molecule has 118 valence electrons. The Morgan fingerprint density at radius 2 is 2.00 bits per heavy atom. The third-order valence-corrected chi connectivity index (χ3v) is 3.11. The molecule has 1 aliphatic heterocycles. The van der Waals surface area contributed by atoms with E-state index in [4.69, 9.17) is 21.3 Å². The molecule has 1 aliphatic rings. The van der Waals surface area contributed by atoms with Crippen LogP contribution < -0.4 is 11.5 Å². The van der Waals surface area contributed by atoms with E-state index in [1.807, 2.05) is 0 Å². The summed E-state index contributed by atoms with van der Waals surface area (Å²) in [6.45, 7) is -0.420. The van der Waals surface area contributed by atoms with Gasteiger partial charge in [-0.25, -0.2) is 9.67 Å². The molecule has 2 heterocycles. The summed E-state index contributed by atoms with van der Waals surface area (Å²) in [4.78, 5) is 3.75. The van der Waals surface area contributed by atoms with Crippen molar-refractivity contribution in [2.24, 2.45) is 16.5 Å². The van der Waals surface area contributed by atoms with E-state index in [-0.39, 0.29) is 12.5 Å². The molecule has 5 atom stereocenters. The van der Waals surface area contributed by atoms with Gasteiger partial charge in [0.15, 0.2) is 12.2 Å². The third-order valence-electron chi connectivity index (χ3n) is 3.11. The van der Waals surface area contributed by atoms with Crippen LogP contribution in [0.1, 0.15) is 11.9 Å². The molecule has 0 radical (unpaired) electrons. The Kier molecular flexibility index (Phi) is 4.69. The number of nitrogens with zero attached hydrogens (tertiary/aromatic N) is 4. The molecule has 1 aromatic heterocycles. The summed E-state index contributed by atoms with van der Waals surface area (Å²) in [5.74, 6) is -0.0996. The highest BCUT2D eigenvalue weighted by Crippen LogP contribution is 2.27. The maximum absolute atomic E-state index is 9.93. The highest BCUT2D eigenvalue weighted by atomic mass is 16.6. The maximum atomic E-state index is 9.93. The lowest BCUT2D eigenvalue weighted by molar-refractivity contribution is -0.254. The third kappa shape index (κ3) is 3.28. The van der Waals surface area contributed by atoms with E-state index in [9.17, 15) is 15.3 Å². The maximum Gasteiger partial charge on any atom is 0.186 e. The molecule has 0 spiro atoms. The zero-order chi connectivity index (χ0) is 15.6. The van der Waals surface area contributed by atoms with Crippen LogP contribution in [-0.2, 0) is 11.3 Å². The Balaban J connectivity index is 2.15. The number of aliphatic hydroxyl groups is 4. The number of aliphatic hydroxyl groups excluding tert-OH is 4. The van der Waals surface area contributed by atoms with Crippen molar-refractivity contribution in [3.05, 3.63) is 11.9 Å². The minimum atomic E-state index is -1.48. The summed E-state index contributed by atoms with van der Waals surface area (Å²) in [5, 5.41) is 46.0. The van der Waals surface area contributed by atoms with Crippen molar-refractivity contribution >= 4 is 5.96 Å². The summed E-state index contributed by atoms with van der Waals surface area (Å²) in [7, 11) is 0. The van der Waals surface area contributed by atoms with Gasteiger partial charge in [-0.05, 0) is 0 Å². The van der Waals surface area contributed by atoms with Gasteiger partial charge in [0.1, 0.15) is 30.1 Å². The first kappa shape index (κ1) is 15.6. The lowest BCUT2D eigenvalue weighted by Crippen LogP contribution is -2.56. The molecular weight excluding hydrogens is 284 g/mol. The van der Waals surface area contributed by atoms with Crippen molar-refractivity contribution in [2.45, 2.75) is 37.2 Å². The van der Waals surface area contributed by atoms with Gasteiger partial charge >= 0.3 is 0 Å². The van der Waals surface area contributed by atoms with Crippen LogP contribution in [0.15, 0.2) is 11.2 Å². The second-order valence-corrected chi connectivity index (χ2v) is 4.65. The Labute approximate surface area is 119 Å². The van der Waals surface area contributed by atoms with Crippen LogP contribution in [-0.4, -0.2) is 72.4 Å². The fourth-order valence-corrected chi connectivity index (χ4v) is 1.98. The summed E-state index contributed by atoms with van der Waals surface area (Å²) in [6, 6.07) is 0. The van der Waals surface area contributed by atoms with E-state index in [1.54, 1.807) is 0 Å². The van der Waals surface area contributed by atoms with Crippen molar-refractivity contribution in [3.8, 4) is 0 Å². The molecule has 1 aromatic rings. The molecule has 11 nitrogen and oxygen atoms in total. The van der Waals surface area contributed by atoms with Gasteiger partial charge in [0.25, 0.3) is 0 Å². The summed E-state index contributed by atoms with van der Waals surface area (Å²) in [6.07, 6.45) is -5.02. The first-order chi connectivity index (χ1) is 9.93. The van der Waals surface area contributed by atoms with Gasteiger partial charge in [0, 0.05) is 0 Å². The number of hydrogen-bond donors (Lipinski definition) is 6. The fourth-order valence-electron chi connectivity index (χ4n) is 1.98. The average Bonchev–Trinajstić information content (AvgIpc) is 2.92. The Morgan fingerprint density at radius 1 is 1.29 bits per heavy atom. The fraction of sp³-hybridized carbons (Fsp3) is 0.700. The zero-order valence-electron chi connectivity index (χ0n) is 11.0. The first-order valence-electron chi connectivity index (χ1n) is 6.20. The molecule has 0 unspecified atom stereocenters. The molecule has 2 rings (SSSR count). The lowest BCUT2D eigenvalue weighted by atomic mass is 9.98. The Morgan fingerprint density at radius 3 is 2.62 bits per heavy atom. The van der Waals surface area contributed by atoms with Crippen LogP contribution in [0.25, 0.3) is 0 Å². The number of hydrogen-bond acceptors (Lipinski definition) is 8. The number of guanidine groups is 1. The predicted molar refractivity (Wildman–Crippen MR) is 68.6 cm³/mol. The van der Waals surface area contributed by atoms with E-state index in [0.717, 1.165) is 0 Å². The second kappa shape index (κ2) is 6.32. The van der Waals surface area contributed by atoms with Crippen LogP contribution in [0.2, 0.25) is 0 Å². The van der Waals surface area contributed by atoms with E-state index >= 15 is 0 Å². The van der Waals surface area contributed by atoms with Gasteiger partial charge in [0.2, 0.25) is 0 Å². The molecule has 0 bridgehead atoms. The zero-order valence-corrected chi connectivity index (χ0v) is 11.0. The topological polar surface area (TPSA) is 185 Å². The van der Waals surface area contributed by atoms with Crippen LogP contribution in [0.5, 0.6) is 0 Å². The van der Waals surface area contributed by atoms with Crippen LogP contribution in [0, 0.1) is 0 Å². The molecule has 21 heavy (non-hydrogen) atoms. The largest absolute Gasteiger partial charge is 0.394 e. The Bertz CT molecular complexity index is 502. The molecular formula is C10H18N6O5. The van der Waals surface area contributed by atoms with Gasteiger partial charge in [-0.1, -0.05) is 5.21 Å². The number of rotatable bonds is 4. The summed E-state index contributed by atoms with van der Waals surface area (Å²) in [5.41, 5.74) is 10.8. The molecule has 0 aliphatic carbocycles. The standard InChI is InChI=1S/C10H18N6O5/c11-10(12)13-1-4-2-16(15-14-4)9-8(20)7(19)6(18)5(3-17)21-9/h2,5-9,17-20H,1,3H2,(H4,11,12,13)/t5-,6-,7+,8-,9-/m1/s1. The van der Waals surface area contributed by atoms with Crippen LogP contribution in [0.4, 0.5) is 0 Å². The van der Waals surface area contributed by atoms with Gasteiger partial charge in [0.05, 0.1) is 19.3 Å². The lowest BCUT2D eigenvalue weighted by Gasteiger charge is -2.39. The van der Waals surface area contributed by atoms with E-state index in [0.29, 0.717) is 5.69 Å². The number of aliphatic imine (C=N–C) groups is 1. The normalized spacial score (nSPS) is 32.9. The van der Waals surface area contributed by atoms with Crippen molar-refractivity contribution in [2.75, 3.05) is 6.61 Å². The Hall–Kier alpha value is -1.79. The minimum Gasteiger partial charge on any atom is -0.394 e. The van der Waals surface area contributed by atoms with Crippen molar-refractivity contribution in [3.63, 3.8) is 0 Å². The van der Waals surface area contributed by atoms with Crippen LogP contribution >= 0.6 is 0 Å². The molecule has 11 heteroatoms. The van der Waals surface area contributed by atoms with Gasteiger partial charge in [-0.3, -0.25) is 0 Å². The first-order valence-corrected chi connectivity index (χ1v) is 6.20. The predicted octanol–water partition coefficient (Wildman–Crippen LogP) is -3.98. The molecule has 0 saturated carbocycles.